The van der Waals surface area contributed by atoms with Crippen molar-refractivity contribution in [1.29, 1.82) is 0 Å². The molecular formula is C15H23NO. The molecular weight excluding hydrogens is 210 g/mol. The van der Waals surface area contributed by atoms with E-state index in [1.807, 2.05) is 33.8 Å². The number of hydrogen-bond donors (Lipinski definition) is 0. The maximum absolute atomic E-state index is 5.20. The Labute approximate surface area is 105 Å². The molecule has 0 amide bonds. The second-order valence-corrected chi connectivity index (χ2v) is 3.14. The zero-order chi connectivity index (χ0) is 13.3. The Morgan fingerprint density at radius 3 is 2.06 bits per heavy atom. The van der Waals surface area contributed by atoms with Crippen molar-refractivity contribution in [1.82, 2.24) is 4.98 Å². The van der Waals surface area contributed by atoms with Crippen LogP contribution in [-0.2, 0) is 0 Å². The molecule has 2 heteroatoms. The first kappa shape index (κ1) is 15.4. The van der Waals surface area contributed by atoms with Gasteiger partial charge in [0.15, 0.2) is 0 Å². The number of hydrogen-bond acceptors (Lipinski definition) is 2. The molecule has 0 radical (unpaired) electrons. The van der Waals surface area contributed by atoms with Gasteiger partial charge in [-0.2, -0.15) is 0 Å². The van der Waals surface area contributed by atoms with E-state index in [0.717, 1.165) is 5.56 Å². The number of rotatable bonds is 1. The van der Waals surface area contributed by atoms with Crippen LogP contribution in [0.25, 0.3) is 11.5 Å². The summed E-state index contributed by atoms with van der Waals surface area (Å²) in [5.74, 6) is 0.683. The summed E-state index contributed by atoms with van der Waals surface area (Å²) in [6.07, 6.45) is 3.25. The number of aryl methyl sites for hydroxylation is 2. The summed E-state index contributed by atoms with van der Waals surface area (Å²) >= 11 is 0. The monoisotopic (exact) mass is 233 g/mol. The van der Waals surface area contributed by atoms with Crippen LogP contribution in [0.4, 0.5) is 0 Å². The minimum Gasteiger partial charge on any atom is -0.445 e. The van der Waals surface area contributed by atoms with Crippen LogP contribution in [0.2, 0.25) is 0 Å². The Bertz CT molecular complexity index is 405. The first-order valence-corrected chi connectivity index (χ1v) is 6.24. The average Bonchev–Trinajstić information content (AvgIpc) is 2.91. The van der Waals surface area contributed by atoms with Crippen LogP contribution in [0.5, 0.6) is 0 Å². The van der Waals surface area contributed by atoms with Gasteiger partial charge in [-0.1, -0.05) is 33.8 Å². The number of oxazole rings is 1. The second kappa shape index (κ2) is 8.57. The summed E-state index contributed by atoms with van der Waals surface area (Å²) in [6, 6.07) is 6.18. The lowest BCUT2D eigenvalue weighted by molar-refractivity contribution is 0.574. The lowest BCUT2D eigenvalue weighted by atomic mass is 10.1. The zero-order valence-corrected chi connectivity index (χ0v) is 11.7. The molecule has 0 saturated heterocycles. The van der Waals surface area contributed by atoms with Gasteiger partial charge in [0.1, 0.15) is 6.26 Å². The van der Waals surface area contributed by atoms with Gasteiger partial charge >= 0.3 is 0 Å². The van der Waals surface area contributed by atoms with Gasteiger partial charge in [-0.3, -0.25) is 0 Å². The molecule has 0 aliphatic rings. The van der Waals surface area contributed by atoms with E-state index in [9.17, 15) is 0 Å². The molecule has 2 aromatic rings. The number of aromatic nitrogens is 1. The molecule has 0 aliphatic heterocycles. The molecule has 0 N–H and O–H groups in total. The fraction of sp³-hybridized carbons (Fsp3) is 0.400. The van der Waals surface area contributed by atoms with Crippen molar-refractivity contribution in [3.05, 3.63) is 41.8 Å². The zero-order valence-electron chi connectivity index (χ0n) is 11.7. The summed E-state index contributed by atoms with van der Waals surface area (Å²) in [5, 5.41) is 0. The molecule has 2 rings (SSSR count). The standard InChI is InChI=1S/C11H11NO.2C2H6/c1-8-3-4-10(7-9(8)2)11-12-5-6-13-11;2*1-2/h3-7H,1-2H3;2*1-2H3. The lowest BCUT2D eigenvalue weighted by Crippen LogP contribution is -1.82. The maximum atomic E-state index is 5.20. The van der Waals surface area contributed by atoms with E-state index >= 15 is 0 Å². The topological polar surface area (TPSA) is 26.0 Å². The minimum absolute atomic E-state index is 0.683. The highest BCUT2D eigenvalue weighted by Gasteiger charge is 2.02. The van der Waals surface area contributed by atoms with Crippen LogP contribution in [0.3, 0.4) is 0 Å². The highest BCUT2D eigenvalue weighted by Crippen LogP contribution is 2.19. The summed E-state index contributed by atoms with van der Waals surface area (Å²) < 4.78 is 5.20. The Kier molecular flexibility index (Phi) is 7.78. The van der Waals surface area contributed by atoms with Crippen molar-refractivity contribution in [3.63, 3.8) is 0 Å². The summed E-state index contributed by atoms with van der Waals surface area (Å²) in [4.78, 5) is 4.09. The molecule has 0 fully saturated rings. The van der Waals surface area contributed by atoms with Gasteiger partial charge in [0, 0.05) is 5.56 Å². The maximum Gasteiger partial charge on any atom is 0.225 e. The molecule has 0 saturated carbocycles. The van der Waals surface area contributed by atoms with E-state index in [-0.39, 0.29) is 0 Å². The van der Waals surface area contributed by atoms with Crippen LogP contribution in [0.1, 0.15) is 38.8 Å². The molecule has 1 aromatic carbocycles. The van der Waals surface area contributed by atoms with Crippen molar-refractivity contribution < 1.29 is 4.42 Å². The second-order valence-electron chi connectivity index (χ2n) is 3.14. The fourth-order valence-electron chi connectivity index (χ4n) is 1.24. The molecule has 2 nitrogen and oxygen atoms in total. The number of nitrogens with zero attached hydrogens (tertiary/aromatic N) is 1. The smallest absolute Gasteiger partial charge is 0.225 e. The third kappa shape index (κ3) is 4.43. The molecule has 1 aromatic heterocycles. The van der Waals surface area contributed by atoms with Crippen molar-refractivity contribution >= 4 is 0 Å². The third-order valence-corrected chi connectivity index (χ3v) is 2.19. The largest absolute Gasteiger partial charge is 0.445 e. The summed E-state index contributed by atoms with van der Waals surface area (Å²) in [7, 11) is 0. The van der Waals surface area contributed by atoms with E-state index in [4.69, 9.17) is 4.42 Å². The first-order chi connectivity index (χ1) is 8.27. The van der Waals surface area contributed by atoms with Gasteiger partial charge in [0.05, 0.1) is 6.20 Å². The van der Waals surface area contributed by atoms with Gasteiger partial charge in [-0.15, -0.1) is 0 Å². The van der Waals surface area contributed by atoms with Gasteiger partial charge in [-0.05, 0) is 37.1 Å². The van der Waals surface area contributed by atoms with Gasteiger partial charge in [0.25, 0.3) is 0 Å². The third-order valence-electron chi connectivity index (χ3n) is 2.19. The van der Waals surface area contributed by atoms with E-state index in [0.29, 0.717) is 5.89 Å². The van der Waals surface area contributed by atoms with E-state index in [2.05, 4.69) is 31.0 Å². The van der Waals surface area contributed by atoms with E-state index in [1.54, 1.807) is 12.5 Å². The van der Waals surface area contributed by atoms with Crippen LogP contribution >= 0.6 is 0 Å². The van der Waals surface area contributed by atoms with Crippen LogP contribution in [0, 0.1) is 13.8 Å². The van der Waals surface area contributed by atoms with Crippen LogP contribution in [0.15, 0.2) is 35.1 Å². The summed E-state index contributed by atoms with van der Waals surface area (Å²) in [5.41, 5.74) is 3.58. The van der Waals surface area contributed by atoms with Gasteiger partial charge in [-0.25, -0.2) is 4.98 Å². The fourth-order valence-corrected chi connectivity index (χ4v) is 1.24. The Balaban J connectivity index is 0.000000581. The molecule has 0 aliphatic carbocycles. The quantitative estimate of drug-likeness (QED) is 0.692. The SMILES string of the molecule is CC.CC.Cc1ccc(-c2ncco2)cc1C. The molecule has 1 heterocycles. The minimum atomic E-state index is 0.683. The highest BCUT2D eigenvalue weighted by atomic mass is 16.3. The average molecular weight is 233 g/mol. The molecule has 0 spiro atoms. The Morgan fingerprint density at radius 2 is 1.59 bits per heavy atom. The molecule has 0 atom stereocenters. The molecule has 0 bridgehead atoms. The molecule has 0 unspecified atom stereocenters. The first-order valence-electron chi connectivity index (χ1n) is 6.24. The Hall–Kier alpha value is -1.57. The van der Waals surface area contributed by atoms with Crippen molar-refractivity contribution in [3.8, 4) is 11.5 Å². The van der Waals surface area contributed by atoms with E-state index in [1.165, 1.54) is 11.1 Å². The van der Waals surface area contributed by atoms with Gasteiger partial charge < -0.3 is 4.42 Å². The highest BCUT2D eigenvalue weighted by molar-refractivity contribution is 5.55. The van der Waals surface area contributed by atoms with Crippen molar-refractivity contribution in [2.45, 2.75) is 41.5 Å². The Morgan fingerprint density at radius 1 is 0.941 bits per heavy atom. The van der Waals surface area contributed by atoms with Crippen LogP contribution in [-0.4, -0.2) is 4.98 Å². The normalized spacial score (nSPS) is 8.59. The van der Waals surface area contributed by atoms with E-state index < -0.39 is 0 Å². The molecule has 17 heavy (non-hydrogen) atoms. The summed E-state index contributed by atoms with van der Waals surface area (Å²) in [6.45, 7) is 12.2. The lowest BCUT2D eigenvalue weighted by Gasteiger charge is -2.00. The predicted octanol–water partition coefficient (Wildman–Crippen LogP) is 5.01. The number of benzene rings is 1. The predicted molar refractivity (Wildman–Crippen MR) is 74.1 cm³/mol. The van der Waals surface area contributed by atoms with Crippen molar-refractivity contribution in [2.24, 2.45) is 0 Å². The molecule has 94 valence electrons. The van der Waals surface area contributed by atoms with Crippen LogP contribution < -0.4 is 0 Å². The van der Waals surface area contributed by atoms with Gasteiger partial charge in [0.2, 0.25) is 5.89 Å². The van der Waals surface area contributed by atoms with Crippen molar-refractivity contribution in [2.75, 3.05) is 0 Å².